The zero-order valence-corrected chi connectivity index (χ0v) is 10.9. The Kier molecular flexibility index (Phi) is 4.76. The van der Waals surface area contributed by atoms with Gasteiger partial charge in [-0.3, -0.25) is 0 Å². The molecule has 0 aliphatic carbocycles. The maximum Gasteiger partial charge on any atom is 0.407 e. The molecule has 0 fully saturated rings. The van der Waals surface area contributed by atoms with Gasteiger partial charge in [-0.2, -0.15) is 0 Å². The third-order valence-corrected chi connectivity index (χ3v) is 2.08. The van der Waals surface area contributed by atoms with Gasteiger partial charge in [0.05, 0.1) is 13.2 Å². The van der Waals surface area contributed by atoms with Crippen molar-refractivity contribution >= 4 is 12.1 Å². The lowest BCUT2D eigenvalue weighted by atomic mass is 10.2. The summed E-state index contributed by atoms with van der Waals surface area (Å²) in [4.78, 5) is 23.1. The van der Waals surface area contributed by atoms with Crippen LogP contribution in [0.15, 0.2) is 16.5 Å². The van der Waals surface area contributed by atoms with E-state index in [1.54, 1.807) is 32.9 Å². The monoisotopic (exact) mass is 255 g/mol. The minimum absolute atomic E-state index is 0.282. The fraction of sp³-hybridized carbons (Fsp3) is 0.500. The minimum atomic E-state index is -1.01. The highest BCUT2D eigenvalue weighted by Gasteiger charge is 2.28. The highest BCUT2D eigenvalue weighted by atomic mass is 16.6. The number of alkyl carbamates (subject to hydrolysis) is 1. The largest absolute Gasteiger partial charge is 0.464 e. The molecule has 0 aliphatic rings. The van der Waals surface area contributed by atoms with E-state index >= 15 is 0 Å². The second-order valence-electron chi connectivity index (χ2n) is 4.00. The van der Waals surface area contributed by atoms with Gasteiger partial charge in [-0.05, 0) is 32.9 Å². The van der Waals surface area contributed by atoms with Crippen molar-refractivity contribution in [1.29, 1.82) is 0 Å². The van der Waals surface area contributed by atoms with Crippen molar-refractivity contribution in [3.8, 4) is 0 Å². The van der Waals surface area contributed by atoms with Gasteiger partial charge in [0.2, 0.25) is 0 Å². The lowest BCUT2D eigenvalue weighted by Crippen LogP contribution is -2.35. The van der Waals surface area contributed by atoms with E-state index < -0.39 is 18.1 Å². The number of esters is 1. The average molecular weight is 255 g/mol. The summed E-state index contributed by atoms with van der Waals surface area (Å²) in [6.07, 6.45) is -1.01. The van der Waals surface area contributed by atoms with Crippen LogP contribution in [0.3, 0.4) is 0 Å². The smallest absolute Gasteiger partial charge is 0.407 e. The van der Waals surface area contributed by atoms with Gasteiger partial charge in [-0.1, -0.05) is 0 Å². The Bertz CT molecular complexity index is 424. The third-order valence-electron chi connectivity index (χ3n) is 2.08. The summed E-state index contributed by atoms with van der Waals surface area (Å²) in [6, 6.07) is 2.30. The second kappa shape index (κ2) is 6.09. The maximum absolute atomic E-state index is 11.9. The van der Waals surface area contributed by atoms with Crippen LogP contribution in [-0.2, 0) is 14.3 Å². The van der Waals surface area contributed by atoms with E-state index in [2.05, 4.69) is 10.1 Å². The van der Waals surface area contributed by atoms with Crippen molar-refractivity contribution in [1.82, 2.24) is 5.32 Å². The fourth-order valence-electron chi connectivity index (χ4n) is 1.33. The first kappa shape index (κ1) is 14.1. The lowest BCUT2D eigenvalue weighted by molar-refractivity contribution is -0.150. The first-order valence-corrected chi connectivity index (χ1v) is 5.55. The molecular weight excluding hydrogens is 238 g/mol. The summed E-state index contributed by atoms with van der Waals surface area (Å²) in [6.45, 7) is 5.19. The lowest BCUT2D eigenvalue weighted by Gasteiger charge is -2.16. The number of nitrogens with one attached hydrogen (secondary N) is 1. The molecule has 0 aliphatic heterocycles. The molecule has 0 bridgehead atoms. The normalized spacial score (nSPS) is 12.1. The van der Waals surface area contributed by atoms with E-state index in [0.717, 1.165) is 0 Å². The number of ether oxygens (including phenoxy) is 2. The van der Waals surface area contributed by atoms with Gasteiger partial charge in [0, 0.05) is 0 Å². The summed E-state index contributed by atoms with van der Waals surface area (Å²) in [5.74, 6) is 0.354. The molecule has 0 radical (unpaired) electrons. The van der Waals surface area contributed by atoms with E-state index in [-0.39, 0.29) is 6.10 Å². The summed E-state index contributed by atoms with van der Waals surface area (Å²) >= 11 is 0. The molecule has 6 heteroatoms. The van der Waals surface area contributed by atoms with Crippen molar-refractivity contribution in [2.24, 2.45) is 0 Å². The van der Waals surface area contributed by atoms with Crippen LogP contribution in [0.25, 0.3) is 0 Å². The van der Waals surface area contributed by atoms with Gasteiger partial charge in [0.1, 0.15) is 11.5 Å². The molecule has 1 heterocycles. The zero-order chi connectivity index (χ0) is 13.7. The van der Waals surface area contributed by atoms with Crippen LogP contribution in [0, 0.1) is 6.92 Å². The van der Waals surface area contributed by atoms with Gasteiger partial charge in [-0.25, -0.2) is 9.59 Å². The first-order valence-electron chi connectivity index (χ1n) is 5.55. The molecule has 0 spiro atoms. The van der Waals surface area contributed by atoms with Crippen LogP contribution in [0.2, 0.25) is 0 Å². The van der Waals surface area contributed by atoms with Gasteiger partial charge < -0.3 is 19.2 Å². The van der Waals surface area contributed by atoms with Crippen molar-refractivity contribution in [3.05, 3.63) is 23.7 Å². The Morgan fingerprint density at radius 1 is 1.33 bits per heavy atom. The van der Waals surface area contributed by atoms with Crippen LogP contribution < -0.4 is 5.32 Å². The van der Waals surface area contributed by atoms with E-state index in [9.17, 15) is 9.59 Å². The Labute approximate surface area is 105 Å². The van der Waals surface area contributed by atoms with Gasteiger partial charge in [0.25, 0.3) is 0 Å². The number of hydrogen-bond donors (Lipinski definition) is 1. The number of methoxy groups -OCH3 is 1. The standard InChI is InChI=1S/C12H17NO5/c1-7(2)17-11(14)10(13-12(15)16-4)9-6-5-8(3)18-9/h5-7,10H,1-4H3,(H,13,15)/t10-/m0/s1. The first-order chi connectivity index (χ1) is 8.43. The Hall–Kier alpha value is -1.98. The van der Waals surface area contributed by atoms with Crippen molar-refractivity contribution in [3.63, 3.8) is 0 Å². The molecule has 1 atom stereocenters. The molecule has 1 N–H and O–H groups in total. The number of amides is 1. The summed E-state index contributed by atoms with van der Waals surface area (Å²) in [5.41, 5.74) is 0. The van der Waals surface area contributed by atoms with E-state index in [4.69, 9.17) is 9.15 Å². The average Bonchev–Trinajstić information content (AvgIpc) is 2.70. The molecular formula is C12H17NO5. The number of carbonyl (C=O) groups excluding carboxylic acids is 2. The molecule has 18 heavy (non-hydrogen) atoms. The van der Waals surface area contributed by atoms with Crippen LogP contribution in [0.5, 0.6) is 0 Å². The topological polar surface area (TPSA) is 77.8 Å². The quantitative estimate of drug-likeness (QED) is 0.832. The molecule has 1 rings (SSSR count). The highest BCUT2D eigenvalue weighted by molar-refractivity contribution is 5.82. The minimum Gasteiger partial charge on any atom is -0.464 e. The van der Waals surface area contributed by atoms with Crippen LogP contribution in [-0.4, -0.2) is 25.3 Å². The number of rotatable bonds is 4. The maximum atomic E-state index is 11.9. The van der Waals surface area contributed by atoms with Crippen LogP contribution >= 0.6 is 0 Å². The molecule has 1 aromatic heterocycles. The van der Waals surface area contributed by atoms with Crippen molar-refractivity contribution in [2.75, 3.05) is 7.11 Å². The number of carbonyl (C=O) groups is 2. The number of hydrogen-bond acceptors (Lipinski definition) is 5. The molecule has 100 valence electrons. The summed E-state index contributed by atoms with van der Waals surface area (Å²) < 4.78 is 14.8. The molecule has 0 saturated heterocycles. The summed E-state index contributed by atoms with van der Waals surface area (Å²) in [5, 5.41) is 2.37. The zero-order valence-electron chi connectivity index (χ0n) is 10.9. The third kappa shape index (κ3) is 3.80. The van der Waals surface area contributed by atoms with E-state index in [1.165, 1.54) is 7.11 Å². The van der Waals surface area contributed by atoms with Crippen LogP contribution in [0.1, 0.15) is 31.4 Å². The van der Waals surface area contributed by atoms with E-state index in [1.807, 2.05) is 0 Å². The molecule has 0 aromatic carbocycles. The summed E-state index contributed by atoms with van der Waals surface area (Å²) in [7, 11) is 1.22. The SMILES string of the molecule is COC(=O)N[C@H](C(=O)OC(C)C)c1ccc(C)o1. The molecule has 1 aromatic rings. The van der Waals surface area contributed by atoms with Crippen molar-refractivity contribution < 1.29 is 23.5 Å². The predicted molar refractivity (Wildman–Crippen MR) is 63.0 cm³/mol. The highest BCUT2D eigenvalue weighted by Crippen LogP contribution is 2.18. The van der Waals surface area contributed by atoms with Crippen molar-refractivity contribution in [2.45, 2.75) is 32.9 Å². The Morgan fingerprint density at radius 3 is 2.44 bits per heavy atom. The van der Waals surface area contributed by atoms with E-state index in [0.29, 0.717) is 11.5 Å². The van der Waals surface area contributed by atoms with Gasteiger partial charge in [-0.15, -0.1) is 0 Å². The predicted octanol–water partition coefficient (Wildman–Crippen LogP) is 1.94. The Morgan fingerprint density at radius 2 is 2.00 bits per heavy atom. The second-order valence-corrected chi connectivity index (χ2v) is 4.00. The number of aryl methyl sites for hydroxylation is 1. The number of furan rings is 1. The van der Waals surface area contributed by atoms with Crippen LogP contribution in [0.4, 0.5) is 4.79 Å². The fourth-order valence-corrected chi connectivity index (χ4v) is 1.33. The molecule has 6 nitrogen and oxygen atoms in total. The Balaban J connectivity index is 2.87. The van der Waals surface area contributed by atoms with Gasteiger partial charge >= 0.3 is 12.1 Å². The molecule has 1 amide bonds. The molecule has 0 saturated carbocycles. The molecule has 0 unspecified atom stereocenters. The van der Waals surface area contributed by atoms with Gasteiger partial charge in [0.15, 0.2) is 6.04 Å².